The van der Waals surface area contributed by atoms with Crippen LogP contribution in [0.3, 0.4) is 0 Å². The van der Waals surface area contributed by atoms with E-state index in [9.17, 15) is 0 Å². The second kappa shape index (κ2) is 6.59. The molecule has 1 heterocycles. The molecule has 1 saturated heterocycles. The van der Waals surface area contributed by atoms with Gasteiger partial charge in [0.25, 0.3) is 0 Å². The average molecular weight is 236 g/mol. The molecule has 1 fully saturated rings. The van der Waals surface area contributed by atoms with E-state index in [0.717, 1.165) is 44.0 Å². The summed E-state index contributed by atoms with van der Waals surface area (Å²) >= 11 is 0. The third-order valence-corrected chi connectivity index (χ3v) is 2.97. The maximum atomic E-state index is 9.02. The Morgan fingerprint density at radius 1 is 1.29 bits per heavy atom. The van der Waals surface area contributed by atoms with Gasteiger partial charge in [-0.1, -0.05) is 12.1 Å². The molecule has 1 aromatic carbocycles. The molecule has 2 rings (SSSR count). The smallest absolute Gasteiger partial charge is 0.119 e. The van der Waals surface area contributed by atoms with Crippen molar-refractivity contribution < 1.29 is 9.84 Å². The Hall–Kier alpha value is -1.10. The molecule has 0 bridgehead atoms. The molecule has 1 aromatic rings. The molecule has 0 unspecified atom stereocenters. The van der Waals surface area contributed by atoms with Crippen LogP contribution >= 0.6 is 0 Å². The zero-order valence-electron chi connectivity index (χ0n) is 10.1. The van der Waals surface area contributed by atoms with Crippen LogP contribution in [0.15, 0.2) is 24.3 Å². The van der Waals surface area contributed by atoms with E-state index >= 15 is 0 Å². The molecule has 4 nitrogen and oxygen atoms in total. The Bertz CT molecular complexity index is 338. The van der Waals surface area contributed by atoms with Crippen LogP contribution in [0, 0.1) is 0 Å². The molecule has 0 aliphatic carbocycles. The highest BCUT2D eigenvalue weighted by molar-refractivity contribution is 5.27. The van der Waals surface area contributed by atoms with E-state index in [-0.39, 0.29) is 6.61 Å². The van der Waals surface area contributed by atoms with Crippen LogP contribution < -0.4 is 10.1 Å². The minimum Gasteiger partial charge on any atom is -0.492 e. The molecule has 2 N–H and O–H groups in total. The van der Waals surface area contributed by atoms with Gasteiger partial charge in [0.1, 0.15) is 12.4 Å². The molecule has 1 aliphatic heterocycles. The minimum absolute atomic E-state index is 0.0645. The SMILES string of the molecule is OCc1cccc(OCCN2CCNCC2)c1. The molecule has 0 aromatic heterocycles. The fraction of sp³-hybridized carbons (Fsp3) is 0.538. The van der Waals surface area contributed by atoms with E-state index in [4.69, 9.17) is 9.84 Å². The number of nitrogens with one attached hydrogen (secondary N) is 1. The summed E-state index contributed by atoms with van der Waals surface area (Å²) in [6.07, 6.45) is 0. The summed E-state index contributed by atoms with van der Waals surface area (Å²) in [6, 6.07) is 7.61. The number of piperazine rings is 1. The van der Waals surface area contributed by atoms with Crippen molar-refractivity contribution in [2.75, 3.05) is 39.3 Å². The maximum absolute atomic E-state index is 9.02. The summed E-state index contributed by atoms with van der Waals surface area (Å²) < 4.78 is 5.68. The van der Waals surface area contributed by atoms with Crippen molar-refractivity contribution >= 4 is 0 Å². The lowest BCUT2D eigenvalue weighted by molar-refractivity contribution is 0.191. The topological polar surface area (TPSA) is 44.7 Å². The van der Waals surface area contributed by atoms with Gasteiger partial charge in [-0.25, -0.2) is 0 Å². The summed E-state index contributed by atoms with van der Waals surface area (Å²) in [4.78, 5) is 2.40. The van der Waals surface area contributed by atoms with Gasteiger partial charge in [-0.15, -0.1) is 0 Å². The van der Waals surface area contributed by atoms with Gasteiger partial charge in [0.05, 0.1) is 6.61 Å². The highest BCUT2D eigenvalue weighted by atomic mass is 16.5. The van der Waals surface area contributed by atoms with Gasteiger partial charge in [-0.2, -0.15) is 0 Å². The lowest BCUT2D eigenvalue weighted by Gasteiger charge is -2.26. The summed E-state index contributed by atoms with van der Waals surface area (Å²) in [6.45, 7) is 6.06. The van der Waals surface area contributed by atoms with Crippen molar-refractivity contribution in [3.63, 3.8) is 0 Å². The van der Waals surface area contributed by atoms with E-state index in [1.165, 1.54) is 0 Å². The molecular weight excluding hydrogens is 216 g/mol. The first-order valence-corrected chi connectivity index (χ1v) is 6.14. The average Bonchev–Trinajstić information content (AvgIpc) is 2.40. The van der Waals surface area contributed by atoms with Gasteiger partial charge in [0, 0.05) is 32.7 Å². The number of aliphatic hydroxyl groups excluding tert-OH is 1. The number of ether oxygens (including phenoxy) is 1. The van der Waals surface area contributed by atoms with Crippen LogP contribution in [-0.2, 0) is 6.61 Å². The first-order chi connectivity index (χ1) is 8.38. The van der Waals surface area contributed by atoms with Crippen molar-refractivity contribution in [1.29, 1.82) is 0 Å². The first-order valence-electron chi connectivity index (χ1n) is 6.14. The van der Waals surface area contributed by atoms with Gasteiger partial charge in [0.2, 0.25) is 0 Å². The maximum Gasteiger partial charge on any atom is 0.119 e. The molecule has 94 valence electrons. The molecule has 0 radical (unpaired) electrons. The van der Waals surface area contributed by atoms with E-state index < -0.39 is 0 Å². The highest BCUT2D eigenvalue weighted by Gasteiger charge is 2.08. The van der Waals surface area contributed by atoms with E-state index in [2.05, 4.69) is 10.2 Å². The zero-order chi connectivity index (χ0) is 11.9. The molecular formula is C13H20N2O2. The van der Waals surface area contributed by atoms with Gasteiger partial charge in [0.15, 0.2) is 0 Å². The van der Waals surface area contributed by atoms with E-state index in [1.54, 1.807) is 0 Å². The standard InChI is InChI=1S/C13H20N2O2/c16-11-12-2-1-3-13(10-12)17-9-8-15-6-4-14-5-7-15/h1-3,10,14,16H,4-9,11H2. The number of hydrogen-bond donors (Lipinski definition) is 2. The lowest BCUT2D eigenvalue weighted by atomic mass is 10.2. The van der Waals surface area contributed by atoms with Crippen LogP contribution in [-0.4, -0.2) is 49.3 Å². The Kier molecular flexibility index (Phi) is 4.79. The van der Waals surface area contributed by atoms with Gasteiger partial charge in [-0.3, -0.25) is 4.90 Å². The van der Waals surface area contributed by atoms with Crippen molar-refractivity contribution in [2.24, 2.45) is 0 Å². The van der Waals surface area contributed by atoms with Crippen molar-refractivity contribution in [3.8, 4) is 5.75 Å². The number of benzene rings is 1. The molecule has 0 spiro atoms. The van der Waals surface area contributed by atoms with Crippen LogP contribution in [0.5, 0.6) is 5.75 Å². The molecule has 0 amide bonds. The largest absolute Gasteiger partial charge is 0.492 e. The van der Waals surface area contributed by atoms with Crippen LogP contribution in [0.4, 0.5) is 0 Å². The number of nitrogens with zero attached hydrogens (tertiary/aromatic N) is 1. The van der Waals surface area contributed by atoms with Gasteiger partial charge in [-0.05, 0) is 17.7 Å². The summed E-state index contributed by atoms with van der Waals surface area (Å²) in [7, 11) is 0. The normalized spacial score (nSPS) is 17.0. The molecule has 17 heavy (non-hydrogen) atoms. The van der Waals surface area contributed by atoms with E-state index in [1.807, 2.05) is 24.3 Å². The second-order valence-corrected chi connectivity index (χ2v) is 4.25. The third kappa shape index (κ3) is 4.00. The zero-order valence-corrected chi connectivity index (χ0v) is 10.1. The molecule has 1 aliphatic rings. The Labute approximate surface area is 102 Å². The van der Waals surface area contributed by atoms with Crippen molar-refractivity contribution in [3.05, 3.63) is 29.8 Å². The molecule has 0 saturated carbocycles. The first kappa shape index (κ1) is 12.4. The van der Waals surface area contributed by atoms with Crippen LogP contribution in [0.25, 0.3) is 0 Å². The molecule has 4 heteroatoms. The van der Waals surface area contributed by atoms with Crippen molar-refractivity contribution in [1.82, 2.24) is 10.2 Å². The lowest BCUT2D eigenvalue weighted by Crippen LogP contribution is -2.44. The quantitative estimate of drug-likeness (QED) is 0.780. The fourth-order valence-corrected chi connectivity index (χ4v) is 1.96. The summed E-state index contributed by atoms with van der Waals surface area (Å²) in [5, 5.41) is 12.3. The number of hydrogen-bond acceptors (Lipinski definition) is 4. The number of aliphatic hydroxyl groups is 1. The Morgan fingerprint density at radius 3 is 2.88 bits per heavy atom. The highest BCUT2D eigenvalue weighted by Crippen LogP contribution is 2.13. The predicted molar refractivity (Wildman–Crippen MR) is 67.2 cm³/mol. The van der Waals surface area contributed by atoms with Gasteiger partial charge >= 0.3 is 0 Å². The predicted octanol–water partition coefficient (Wildman–Crippen LogP) is 0.463. The summed E-state index contributed by atoms with van der Waals surface area (Å²) in [5.74, 6) is 0.840. The van der Waals surface area contributed by atoms with E-state index in [0.29, 0.717) is 6.61 Å². The molecule has 0 atom stereocenters. The Morgan fingerprint density at radius 2 is 2.12 bits per heavy atom. The number of rotatable bonds is 5. The minimum atomic E-state index is 0.0645. The van der Waals surface area contributed by atoms with Gasteiger partial charge < -0.3 is 15.2 Å². The van der Waals surface area contributed by atoms with Crippen LogP contribution in [0.2, 0.25) is 0 Å². The van der Waals surface area contributed by atoms with Crippen molar-refractivity contribution in [2.45, 2.75) is 6.61 Å². The second-order valence-electron chi connectivity index (χ2n) is 4.25. The third-order valence-electron chi connectivity index (χ3n) is 2.97. The Balaban J connectivity index is 1.73. The fourth-order valence-electron chi connectivity index (χ4n) is 1.96. The monoisotopic (exact) mass is 236 g/mol. The van der Waals surface area contributed by atoms with Crippen LogP contribution in [0.1, 0.15) is 5.56 Å². The summed E-state index contributed by atoms with van der Waals surface area (Å²) in [5.41, 5.74) is 0.893.